The van der Waals surface area contributed by atoms with Gasteiger partial charge in [0.05, 0.1) is 18.0 Å². The van der Waals surface area contributed by atoms with Crippen LogP contribution in [-0.2, 0) is 11.2 Å². The number of aliphatic hydroxyl groups excluding tert-OH is 1. The Labute approximate surface area is 273 Å². The number of piperidine rings is 1. The van der Waals surface area contributed by atoms with Crippen LogP contribution in [0.3, 0.4) is 0 Å². The van der Waals surface area contributed by atoms with Gasteiger partial charge in [0.25, 0.3) is 0 Å². The number of likely N-dealkylation sites (tertiary alicyclic amines) is 1. The lowest BCUT2D eigenvalue weighted by atomic mass is 9.95. The van der Waals surface area contributed by atoms with Crippen LogP contribution in [0.15, 0.2) is 36.5 Å². The molecule has 7 rings (SSSR count). The third-order valence-corrected chi connectivity index (χ3v) is 10.2. The van der Waals surface area contributed by atoms with Gasteiger partial charge in [-0.25, -0.2) is 8.78 Å². The first-order chi connectivity index (χ1) is 22.8. The molecule has 250 valence electrons. The number of methoxy groups -OCH3 is 1. The Balaban J connectivity index is 1.26. The van der Waals surface area contributed by atoms with Gasteiger partial charge in [-0.05, 0) is 79.6 Å². The molecule has 1 aliphatic heterocycles. The van der Waals surface area contributed by atoms with Crippen LogP contribution in [0.1, 0.15) is 44.6 Å². The van der Waals surface area contributed by atoms with Crippen molar-refractivity contribution in [2.45, 2.75) is 57.7 Å². The number of aliphatic hydroxyl groups is 1. The van der Waals surface area contributed by atoms with Gasteiger partial charge >= 0.3 is 6.01 Å². The van der Waals surface area contributed by atoms with Crippen molar-refractivity contribution in [1.82, 2.24) is 19.9 Å². The maximum atomic E-state index is 16.9. The minimum Gasteiger partial charge on any atom is -0.468 e. The molecule has 1 saturated heterocycles. The number of nitrogens with zero attached hydrogens (tertiary/aromatic N) is 5. The first-order valence-electron chi connectivity index (χ1n) is 16.7. The zero-order chi connectivity index (χ0) is 32.7. The van der Waals surface area contributed by atoms with E-state index >= 15 is 4.39 Å². The summed E-state index contributed by atoms with van der Waals surface area (Å²) in [5, 5.41) is 11.7. The molecule has 0 radical (unpaired) electrons. The molecule has 9 nitrogen and oxygen atoms in total. The molecule has 0 bridgehead atoms. The Hall–Kier alpha value is -3.67. The van der Waals surface area contributed by atoms with Crippen LogP contribution in [0.4, 0.5) is 14.6 Å². The molecule has 2 saturated carbocycles. The van der Waals surface area contributed by atoms with Crippen LogP contribution >= 0.6 is 0 Å². The molecule has 4 aromatic rings. The second-order valence-electron chi connectivity index (χ2n) is 13.5. The van der Waals surface area contributed by atoms with Crippen LogP contribution < -0.4 is 14.4 Å². The van der Waals surface area contributed by atoms with Gasteiger partial charge in [0.2, 0.25) is 0 Å². The summed E-state index contributed by atoms with van der Waals surface area (Å²) in [6, 6.07) is 9.44. The minimum atomic E-state index is -0.968. The van der Waals surface area contributed by atoms with Crippen LogP contribution in [0.25, 0.3) is 32.9 Å². The van der Waals surface area contributed by atoms with Crippen molar-refractivity contribution in [3.8, 4) is 23.0 Å². The minimum absolute atomic E-state index is 0.00296. The zero-order valence-electron chi connectivity index (χ0n) is 27.3. The third kappa shape index (κ3) is 6.45. The number of rotatable bonds is 13. The average molecular weight is 648 g/mol. The standard InChI is InChI=1S/C36H43F2N5O4/c1-4-23-6-5-7-24-14-25(47-21-45-3)15-26(30(23)24)32-31(38)33-27(17-39-32)34(42(2)29-16-28(29)37)41-35(40-33)46-20-36(10-11-36)19-43-12-8-22(18-44)9-13-43/h5-7,14-15,17,22,28-29,44H,4,8-13,16,18-21H2,1-3H3/t28-,29-/m1/s1. The second-order valence-corrected chi connectivity index (χ2v) is 13.5. The number of aromatic nitrogens is 3. The number of fused-ring (bicyclic) bond motifs is 2. The number of ether oxygens (including phenoxy) is 3. The normalized spacial score (nSPS) is 20.9. The van der Waals surface area contributed by atoms with E-state index in [0.717, 1.165) is 68.1 Å². The fraction of sp³-hybridized carbons (Fsp3) is 0.528. The number of anilines is 1. The Morgan fingerprint density at radius 3 is 2.60 bits per heavy atom. The highest BCUT2D eigenvalue weighted by atomic mass is 19.1. The lowest BCUT2D eigenvalue weighted by Crippen LogP contribution is -2.40. The molecule has 2 aliphatic carbocycles. The fourth-order valence-electron chi connectivity index (χ4n) is 6.97. The van der Waals surface area contributed by atoms with Crippen molar-refractivity contribution in [3.63, 3.8) is 0 Å². The van der Waals surface area contributed by atoms with Crippen molar-refractivity contribution >= 4 is 27.5 Å². The lowest BCUT2D eigenvalue weighted by Gasteiger charge is -2.33. The van der Waals surface area contributed by atoms with Crippen LogP contribution in [0.2, 0.25) is 0 Å². The molecule has 11 heteroatoms. The van der Waals surface area contributed by atoms with Gasteiger partial charge < -0.3 is 29.1 Å². The monoisotopic (exact) mass is 647 g/mol. The molecule has 47 heavy (non-hydrogen) atoms. The van der Waals surface area contributed by atoms with Gasteiger partial charge in [0, 0.05) is 50.9 Å². The maximum Gasteiger partial charge on any atom is 0.319 e. The van der Waals surface area contributed by atoms with Crippen molar-refractivity contribution in [2.75, 3.05) is 58.7 Å². The van der Waals surface area contributed by atoms with E-state index in [-0.39, 0.29) is 42.1 Å². The molecular weight excluding hydrogens is 604 g/mol. The van der Waals surface area contributed by atoms with E-state index < -0.39 is 12.0 Å². The summed E-state index contributed by atoms with van der Waals surface area (Å²) in [6.07, 6.45) is 5.83. The first-order valence-corrected chi connectivity index (χ1v) is 16.7. The van der Waals surface area contributed by atoms with E-state index in [2.05, 4.69) is 21.8 Å². The second kappa shape index (κ2) is 13.1. The summed E-state index contributed by atoms with van der Waals surface area (Å²) in [4.78, 5) is 18.2. The van der Waals surface area contributed by atoms with Gasteiger partial charge in [-0.15, -0.1) is 0 Å². The predicted molar refractivity (Wildman–Crippen MR) is 177 cm³/mol. The van der Waals surface area contributed by atoms with Crippen molar-refractivity contribution in [3.05, 3.63) is 47.9 Å². The largest absolute Gasteiger partial charge is 0.468 e. The van der Waals surface area contributed by atoms with Crippen molar-refractivity contribution in [2.24, 2.45) is 11.3 Å². The number of pyridine rings is 1. The highest BCUT2D eigenvalue weighted by Gasteiger charge is 2.46. The highest BCUT2D eigenvalue weighted by molar-refractivity contribution is 6.01. The maximum absolute atomic E-state index is 16.9. The zero-order valence-corrected chi connectivity index (χ0v) is 27.3. The molecule has 0 spiro atoms. The Bertz CT molecular complexity index is 1760. The first kappa shape index (κ1) is 31.9. The Morgan fingerprint density at radius 2 is 1.91 bits per heavy atom. The average Bonchev–Trinajstić information content (AvgIpc) is 4.03. The molecule has 3 fully saturated rings. The number of hydrogen-bond acceptors (Lipinski definition) is 9. The van der Waals surface area contributed by atoms with Gasteiger partial charge in [-0.3, -0.25) is 4.98 Å². The highest BCUT2D eigenvalue weighted by Crippen LogP contribution is 2.47. The molecule has 3 aliphatic rings. The third-order valence-electron chi connectivity index (χ3n) is 10.2. The predicted octanol–water partition coefficient (Wildman–Crippen LogP) is 5.94. The SMILES string of the molecule is CCc1cccc2cc(OCOC)cc(-c3ncc4c(N(C)[C@@H]5C[C@H]5F)nc(OCC5(CN6CCC(CO)CC6)CC5)nc4c3F)c12. The van der Waals surface area contributed by atoms with E-state index in [9.17, 15) is 9.50 Å². The molecule has 1 N–H and O–H groups in total. The Kier molecular flexibility index (Phi) is 8.88. The molecule has 2 aromatic carbocycles. The van der Waals surface area contributed by atoms with E-state index in [4.69, 9.17) is 19.2 Å². The smallest absolute Gasteiger partial charge is 0.319 e. The Morgan fingerprint density at radius 1 is 1.13 bits per heavy atom. The lowest BCUT2D eigenvalue weighted by molar-refractivity contribution is 0.0512. The number of alkyl halides is 1. The summed E-state index contributed by atoms with van der Waals surface area (Å²) >= 11 is 0. The summed E-state index contributed by atoms with van der Waals surface area (Å²) in [5.41, 5.74) is 1.87. The topological polar surface area (TPSA) is 93.1 Å². The van der Waals surface area contributed by atoms with Crippen LogP contribution in [-0.4, -0.2) is 91.0 Å². The van der Waals surface area contributed by atoms with E-state index in [1.165, 1.54) is 0 Å². The van der Waals surface area contributed by atoms with Gasteiger partial charge in [0.15, 0.2) is 12.6 Å². The summed E-state index contributed by atoms with van der Waals surface area (Å²) in [6.45, 7) is 5.62. The van der Waals surface area contributed by atoms with E-state index in [0.29, 0.717) is 41.5 Å². The quantitative estimate of drug-likeness (QED) is 0.177. The fourth-order valence-corrected chi connectivity index (χ4v) is 6.97. The van der Waals surface area contributed by atoms with Gasteiger partial charge in [-0.2, -0.15) is 9.97 Å². The number of aryl methyl sites for hydroxylation is 1. The molecular formula is C36H43F2N5O4. The van der Waals surface area contributed by atoms with Gasteiger partial charge in [-0.1, -0.05) is 25.1 Å². The van der Waals surface area contributed by atoms with Crippen molar-refractivity contribution in [1.29, 1.82) is 0 Å². The summed E-state index contributed by atoms with van der Waals surface area (Å²) in [5.74, 6) is 0.728. The van der Waals surface area contributed by atoms with E-state index in [1.54, 1.807) is 31.3 Å². The number of benzene rings is 2. The molecule has 3 heterocycles. The van der Waals surface area contributed by atoms with Crippen LogP contribution in [0.5, 0.6) is 11.8 Å². The summed E-state index contributed by atoms with van der Waals surface area (Å²) in [7, 11) is 3.33. The molecule has 2 atom stereocenters. The van der Waals surface area contributed by atoms with Crippen LogP contribution in [0, 0.1) is 17.2 Å². The summed E-state index contributed by atoms with van der Waals surface area (Å²) < 4.78 is 48.4. The molecule has 0 amide bonds. The number of halogens is 2. The number of hydrogen-bond donors (Lipinski definition) is 1. The van der Waals surface area contributed by atoms with Crippen molar-refractivity contribution < 1.29 is 28.1 Å². The van der Waals surface area contributed by atoms with Gasteiger partial charge in [0.1, 0.15) is 28.9 Å². The molecule has 2 aromatic heterocycles. The van der Waals surface area contributed by atoms with E-state index in [1.807, 2.05) is 24.3 Å². The molecule has 0 unspecified atom stereocenters.